The van der Waals surface area contributed by atoms with Crippen molar-refractivity contribution in [2.45, 2.75) is 51.6 Å². The number of hydrogen-bond acceptors (Lipinski definition) is 6. The molecule has 0 spiro atoms. The SMILES string of the molecule is CC(C)c1noc(Cn2nc(C3CCNCC3)n(Cc3ccccc3)c2=O)n1. The quantitative estimate of drug-likeness (QED) is 0.702. The number of piperidine rings is 1. The summed E-state index contributed by atoms with van der Waals surface area (Å²) in [6, 6.07) is 10.0. The summed E-state index contributed by atoms with van der Waals surface area (Å²) < 4.78 is 8.57. The van der Waals surface area contributed by atoms with Crippen LogP contribution in [0.1, 0.15) is 61.6 Å². The van der Waals surface area contributed by atoms with Gasteiger partial charge in [0.15, 0.2) is 5.82 Å². The van der Waals surface area contributed by atoms with Crippen LogP contribution in [0.5, 0.6) is 0 Å². The molecule has 28 heavy (non-hydrogen) atoms. The normalized spacial score (nSPS) is 15.4. The molecule has 8 heteroatoms. The predicted molar refractivity (Wildman–Crippen MR) is 104 cm³/mol. The number of rotatable bonds is 6. The van der Waals surface area contributed by atoms with Crippen LogP contribution in [0.4, 0.5) is 0 Å². The van der Waals surface area contributed by atoms with Crippen molar-refractivity contribution in [2.24, 2.45) is 0 Å². The monoisotopic (exact) mass is 382 g/mol. The number of benzene rings is 1. The van der Waals surface area contributed by atoms with Crippen LogP contribution in [-0.2, 0) is 13.1 Å². The van der Waals surface area contributed by atoms with Gasteiger partial charge in [0, 0.05) is 11.8 Å². The van der Waals surface area contributed by atoms with Gasteiger partial charge in [-0.1, -0.05) is 49.3 Å². The highest BCUT2D eigenvalue weighted by Gasteiger charge is 2.25. The van der Waals surface area contributed by atoms with Gasteiger partial charge in [-0.3, -0.25) is 4.57 Å². The van der Waals surface area contributed by atoms with E-state index >= 15 is 0 Å². The standard InChI is InChI=1S/C20H26N6O2/c1-14(2)18-22-17(28-24-18)13-26-20(27)25(12-15-6-4-3-5-7-15)19(23-26)16-8-10-21-11-9-16/h3-7,14,16,21H,8-13H2,1-2H3. The Labute approximate surface area is 163 Å². The van der Waals surface area contributed by atoms with E-state index in [4.69, 9.17) is 9.62 Å². The van der Waals surface area contributed by atoms with Crippen molar-refractivity contribution in [3.8, 4) is 0 Å². The molecule has 0 radical (unpaired) electrons. The van der Waals surface area contributed by atoms with Crippen LogP contribution in [0.25, 0.3) is 0 Å². The van der Waals surface area contributed by atoms with E-state index in [9.17, 15) is 4.79 Å². The first-order chi connectivity index (χ1) is 13.6. The van der Waals surface area contributed by atoms with E-state index in [1.54, 1.807) is 4.57 Å². The average Bonchev–Trinajstić information content (AvgIpc) is 3.30. The molecular formula is C20H26N6O2. The van der Waals surface area contributed by atoms with Crippen LogP contribution < -0.4 is 11.0 Å². The lowest BCUT2D eigenvalue weighted by atomic mass is 9.97. The van der Waals surface area contributed by atoms with Crippen molar-refractivity contribution in [3.63, 3.8) is 0 Å². The molecule has 3 heterocycles. The fourth-order valence-corrected chi connectivity index (χ4v) is 3.55. The van der Waals surface area contributed by atoms with Crippen molar-refractivity contribution >= 4 is 0 Å². The van der Waals surface area contributed by atoms with Gasteiger partial charge in [0.25, 0.3) is 0 Å². The summed E-state index contributed by atoms with van der Waals surface area (Å²) >= 11 is 0. The smallest absolute Gasteiger partial charge is 0.337 e. The van der Waals surface area contributed by atoms with Crippen LogP contribution in [-0.4, -0.2) is 37.6 Å². The molecule has 1 N–H and O–H groups in total. The van der Waals surface area contributed by atoms with Gasteiger partial charge in [-0.05, 0) is 31.5 Å². The van der Waals surface area contributed by atoms with Gasteiger partial charge >= 0.3 is 5.69 Å². The number of hydrogen-bond donors (Lipinski definition) is 1. The molecule has 0 aliphatic carbocycles. The van der Waals surface area contributed by atoms with E-state index in [2.05, 4.69) is 15.5 Å². The molecule has 1 aromatic carbocycles. The Morgan fingerprint density at radius 2 is 1.93 bits per heavy atom. The van der Waals surface area contributed by atoms with Crippen LogP contribution >= 0.6 is 0 Å². The third kappa shape index (κ3) is 3.91. The average molecular weight is 382 g/mol. The fraction of sp³-hybridized carbons (Fsp3) is 0.500. The molecule has 2 aromatic heterocycles. The van der Waals surface area contributed by atoms with E-state index in [1.165, 1.54) is 4.68 Å². The van der Waals surface area contributed by atoms with Gasteiger partial charge in [0.1, 0.15) is 12.4 Å². The molecule has 0 bridgehead atoms. The van der Waals surface area contributed by atoms with E-state index < -0.39 is 0 Å². The summed E-state index contributed by atoms with van der Waals surface area (Å²) in [4.78, 5) is 17.5. The van der Waals surface area contributed by atoms with Crippen LogP contribution in [0.15, 0.2) is 39.6 Å². The van der Waals surface area contributed by atoms with E-state index in [1.807, 2.05) is 44.2 Å². The maximum atomic E-state index is 13.1. The molecular weight excluding hydrogens is 356 g/mol. The zero-order chi connectivity index (χ0) is 19.5. The molecule has 0 amide bonds. The molecule has 3 aromatic rings. The molecule has 0 atom stereocenters. The zero-order valence-corrected chi connectivity index (χ0v) is 16.3. The number of nitrogens with zero attached hydrogens (tertiary/aromatic N) is 5. The first-order valence-electron chi connectivity index (χ1n) is 9.86. The van der Waals surface area contributed by atoms with Crippen molar-refractivity contribution in [1.82, 2.24) is 29.8 Å². The molecule has 1 aliphatic heterocycles. The van der Waals surface area contributed by atoms with E-state index in [-0.39, 0.29) is 24.1 Å². The summed E-state index contributed by atoms with van der Waals surface area (Å²) in [5.41, 5.74) is 0.945. The summed E-state index contributed by atoms with van der Waals surface area (Å²) in [5, 5.41) is 12.0. The van der Waals surface area contributed by atoms with Gasteiger partial charge in [-0.2, -0.15) is 10.1 Å². The van der Waals surface area contributed by atoms with Crippen molar-refractivity contribution in [1.29, 1.82) is 0 Å². The molecule has 0 unspecified atom stereocenters. The Kier molecular flexibility index (Phi) is 5.38. The fourth-order valence-electron chi connectivity index (χ4n) is 3.55. The number of aromatic nitrogens is 5. The molecule has 1 fully saturated rings. The predicted octanol–water partition coefficient (Wildman–Crippen LogP) is 2.11. The van der Waals surface area contributed by atoms with Gasteiger partial charge in [0.05, 0.1) is 6.54 Å². The molecule has 4 rings (SSSR count). The third-order valence-corrected chi connectivity index (χ3v) is 5.12. The summed E-state index contributed by atoms with van der Waals surface area (Å²) in [7, 11) is 0. The molecule has 1 saturated heterocycles. The first-order valence-corrected chi connectivity index (χ1v) is 9.86. The molecule has 8 nitrogen and oxygen atoms in total. The first kappa shape index (κ1) is 18.6. The minimum atomic E-state index is -0.137. The maximum Gasteiger partial charge on any atom is 0.346 e. The highest BCUT2D eigenvalue weighted by atomic mass is 16.5. The zero-order valence-electron chi connectivity index (χ0n) is 16.3. The van der Waals surface area contributed by atoms with Crippen LogP contribution in [0, 0.1) is 0 Å². The highest BCUT2D eigenvalue weighted by Crippen LogP contribution is 2.23. The lowest BCUT2D eigenvalue weighted by Gasteiger charge is -2.22. The minimum Gasteiger partial charge on any atom is -0.337 e. The highest BCUT2D eigenvalue weighted by molar-refractivity contribution is 5.16. The molecule has 148 valence electrons. The maximum absolute atomic E-state index is 13.1. The van der Waals surface area contributed by atoms with Gasteiger partial charge in [0.2, 0.25) is 5.89 Å². The van der Waals surface area contributed by atoms with Gasteiger partial charge in [-0.15, -0.1) is 0 Å². The number of nitrogens with one attached hydrogen (secondary N) is 1. The van der Waals surface area contributed by atoms with E-state index in [0.717, 1.165) is 37.3 Å². The Hall–Kier alpha value is -2.74. The Balaban J connectivity index is 1.67. The molecule has 1 aliphatic rings. The Morgan fingerprint density at radius 3 is 2.61 bits per heavy atom. The van der Waals surface area contributed by atoms with Crippen molar-refractivity contribution < 1.29 is 4.52 Å². The lowest BCUT2D eigenvalue weighted by molar-refractivity contribution is 0.357. The largest absolute Gasteiger partial charge is 0.346 e. The second-order valence-electron chi connectivity index (χ2n) is 7.60. The van der Waals surface area contributed by atoms with E-state index in [0.29, 0.717) is 18.3 Å². The summed E-state index contributed by atoms with van der Waals surface area (Å²) in [6.07, 6.45) is 1.95. The van der Waals surface area contributed by atoms with Gasteiger partial charge in [-0.25, -0.2) is 9.48 Å². The Bertz CT molecular complexity index is 966. The summed E-state index contributed by atoms with van der Waals surface area (Å²) in [5.74, 6) is 2.35. The third-order valence-electron chi connectivity index (χ3n) is 5.12. The second-order valence-corrected chi connectivity index (χ2v) is 7.60. The van der Waals surface area contributed by atoms with Crippen molar-refractivity contribution in [2.75, 3.05) is 13.1 Å². The second kappa shape index (κ2) is 8.10. The lowest BCUT2D eigenvalue weighted by Crippen LogP contribution is -2.30. The van der Waals surface area contributed by atoms with Crippen LogP contribution in [0.3, 0.4) is 0 Å². The van der Waals surface area contributed by atoms with Crippen LogP contribution in [0.2, 0.25) is 0 Å². The Morgan fingerprint density at radius 1 is 1.18 bits per heavy atom. The van der Waals surface area contributed by atoms with Gasteiger partial charge < -0.3 is 9.84 Å². The molecule has 0 saturated carbocycles. The van der Waals surface area contributed by atoms with Crippen molar-refractivity contribution in [3.05, 3.63) is 63.9 Å². The minimum absolute atomic E-state index is 0.137. The summed E-state index contributed by atoms with van der Waals surface area (Å²) in [6.45, 7) is 6.60. The topological polar surface area (TPSA) is 90.8 Å².